The molecule has 0 aliphatic carbocycles. The molecule has 1 aliphatic rings. The molecular formula is C23H14Cl2FNO3. The highest BCUT2D eigenvalue weighted by molar-refractivity contribution is 6.51. The lowest BCUT2D eigenvalue weighted by molar-refractivity contribution is -0.132. The first kappa shape index (κ1) is 20.1. The molecule has 4 nitrogen and oxygen atoms in total. The fourth-order valence-corrected chi connectivity index (χ4v) is 3.68. The van der Waals surface area contributed by atoms with Crippen molar-refractivity contribution in [2.75, 3.05) is 4.90 Å². The minimum absolute atomic E-state index is 0.0750. The van der Waals surface area contributed by atoms with Crippen molar-refractivity contribution >= 4 is 46.3 Å². The molecule has 3 aromatic carbocycles. The number of hydrogen-bond donors (Lipinski definition) is 1. The van der Waals surface area contributed by atoms with Crippen LogP contribution in [0.1, 0.15) is 17.2 Å². The van der Waals surface area contributed by atoms with E-state index in [1.165, 1.54) is 29.2 Å². The van der Waals surface area contributed by atoms with Gasteiger partial charge in [0.1, 0.15) is 11.6 Å². The monoisotopic (exact) mass is 441 g/mol. The highest BCUT2D eigenvalue weighted by Crippen LogP contribution is 2.42. The molecule has 30 heavy (non-hydrogen) atoms. The standard InChI is InChI=1S/C23H14Cl2FNO3/c24-15-5-1-13(2-6-15)20-19(21(28)14-3-7-16(25)8-4-14)22(29)23(30)27(20)18-11-9-17(26)10-12-18/h1-12,20,28H/b21-19+/t20-/m1/s1. The van der Waals surface area contributed by atoms with Crippen LogP contribution in [-0.2, 0) is 9.59 Å². The van der Waals surface area contributed by atoms with Crippen LogP contribution in [0, 0.1) is 5.82 Å². The van der Waals surface area contributed by atoms with Gasteiger partial charge in [0.25, 0.3) is 11.7 Å². The summed E-state index contributed by atoms with van der Waals surface area (Å²) in [5.41, 5.74) is 1.16. The van der Waals surface area contributed by atoms with Crippen LogP contribution in [0.3, 0.4) is 0 Å². The zero-order valence-corrected chi connectivity index (χ0v) is 16.9. The van der Waals surface area contributed by atoms with Crippen LogP contribution in [0.5, 0.6) is 0 Å². The first-order valence-corrected chi connectivity index (χ1v) is 9.70. The predicted molar refractivity (Wildman–Crippen MR) is 114 cm³/mol. The minimum Gasteiger partial charge on any atom is -0.507 e. The first-order valence-electron chi connectivity index (χ1n) is 8.95. The van der Waals surface area contributed by atoms with Crippen LogP contribution >= 0.6 is 23.2 Å². The van der Waals surface area contributed by atoms with E-state index in [2.05, 4.69) is 0 Å². The van der Waals surface area contributed by atoms with Gasteiger partial charge in [-0.2, -0.15) is 0 Å². The Morgan fingerprint density at radius 2 is 1.37 bits per heavy atom. The molecule has 0 spiro atoms. The molecule has 150 valence electrons. The molecule has 1 amide bonds. The Morgan fingerprint density at radius 1 is 0.833 bits per heavy atom. The molecule has 1 saturated heterocycles. The van der Waals surface area contributed by atoms with Crippen LogP contribution in [0.25, 0.3) is 5.76 Å². The zero-order chi connectivity index (χ0) is 21.4. The number of aliphatic hydroxyl groups is 1. The molecule has 1 N–H and O–H groups in total. The summed E-state index contributed by atoms with van der Waals surface area (Å²) in [5, 5.41) is 11.9. The van der Waals surface area contributed by atoms with Gasteiger partial charge in [-0.05, 0) is 66.2 Å². The molecule has 1 heterocycles. The van der Waals surface area contributed by atoms with Crippen molar-refractivity contribution in [3.63, 3.8) is 0 Å². The van der Waals surface area contributed by atoms with E-state index in [-0.39, 0.29) is 11.3 Å². The highest BCUT2D eigenvalue weighted by atomic mass is 35.5. The van der Waals surface area contributed by atoms with E-state index < -0.39 is 23.5 Å². The smallest absolute Gasteiger partial charge is 0.300 e. The van der Waals surface area contributed by atoms with E-state index in [0.29, 0.717) is 26.9 Å². The second-order valence-electron chi connectivity index (χ2n) is 6.70. The van der Waals surface area contributed by atoms with E-state index in [0.717, 1.165) is 0 Å². The number of nitrogens with zero attached hydrogens (tertiary/aromatic N) is 1. The van der Waals surface area contributed by atoms with E-state index in [9.17, 15) is 19.1 Å². The van der Waals surface area contributed by atoms with Crippen molar-refractivity contribution in [3.05, 3.63) is 105 Å². The minimum atomic E-state index is -0.914. The summed E-state index contributed by atoms with van der Waals surface area (Å²) < 4.78 is 13.4. The molecule has 1 aliphatic heterocycles. The number of hydrogen-bond acceptors (Lipinski definition) is 3. The number of rotatable bonds is 3. The van der Waals surface area contributed by atoms with Crippen molar-refractivity contribution < 1.29 is 19.1 Å². The SMILES string of the molecule is O=C1C(=O)N(c2ccc(F)cc2)[C@H](c2ccc(Cl)cc2)/C1=C(\O)c1ccc(Cl)cc1. The van der Waals surface area contributed by atoms with Gasteiger partial charge in [0, 0.05) is 21.3 Å². The van der Waals surface area contributed by atoms with Crippen LogP contribution in [0.4, 0.5) is 10.1 Å². The molecule has 0 radical (unpaired) electrons. The zero-order valence-electron chi connectivity index (χ0n) is 15.4. The van der Waals surface area contributed by atoms with Crippen LogP contribution in [0.15, 0.2) is 78.4 Å². The fourth-order valence-electron chi connectivity index (χ4n) is 3.42. The number of aliphatic hydroxyl groups excluding tert-OH is 1. The number of carbonyl (C=O) groups is 2. The number of carbonyl (C=O) groups excluding carboxylic acids is 2. The van der Waals surface area contributed by atoms with Gasteiger partial charge in [0.15, 0.2) is 0 Å². The third-order valence-electron chi connectivity index (χ3n) is 4.85. The number of halogens is 3. The lowest BCUT2D eigenvalue weighted by Crippen LogP contribution is -2.29. The lowest BCUT2D eigenvalue weighted by atomic mass is 9.95. The lowest BCUT2D eigenvalue weighted by Gasteiger charge is -2.25. The maximum atomic E-state index is 13.4. The fraction of sp³-hybridized carbons (Fsp3) is 0.0435. The molecule has 0 aromatic heterocycles. The Hall–Kier alpha value is -3.15. The molecule has 0 saturated carbocycles. The van der Waals surface area contributed by atoms with Crippen molar-refractivity contribution in [2.24, 2.45) is 0 Å². The number of anilines is 1. The van der Waals surface area contributed by atoms with Crippen molar-refractivity contribution in [3.8, 4) is 0 Å². The Bertz CT molecular complexity index is 1160. The number of benzene rings is 3. The second kappa shape index (κ2) is 7.94. The molecule has 0 bridgehead atoms. The molecule has 3 aromatic rings. The normalized spacial score (nSPS) is 18.1. The quantitative estimate of drug-likeness (QED) is 0.319. The molecule has 7 heteroatoms. The van der Waals surface area contributed by atoms with Gasteiger partial charge in [-0.1, -0.05) is 35.3 Å². The highest BCUT2D eigenvalue weighted by Gasteiger charge is 2.46. The summed E-state index contributed by atoms with van der Waals surface area (Å²) in [6, 6.07) is 17.2. The summed E-state index contributed by atoms with van der Waals surface area (Å²) >= 11 is 11.9. The number of ketones is 1. The molecule has 0 unspecified atom stereocenters. The summed E-state index contributed by atoms with van der Waals surface area (Å²) in [6.45, 7) is 0. The Kier molecular flexibility index (Phi) is 5.33. The van der Waals surface area contributed by atoms with E-state index in [4.69, 9.17) is 23.2 Å². The molecule has 4 rings (SSSR count). The van der Waals surface area contributed by atoms with Gasteiger partial charge < -0.3 is 5.11 Å². The molecular weight excluding hydrogens is 428 g/mol. The topological polar surface area (TPSA) is 57.6 Å². The third kappa shape index (κ3) is 3.58. The largest absolute Gasteiger partial charge is 0.507 e. The van der Waals surface area contributed by atoms with Gasteiger partial charge in [0.2, 0.25) is 0 Å². The summed E-state index contributed by atoms with van der Waals surface area (Å²) in [6.07, 6.45) is 0. The van der Waals surface area contributed by atoms with Gasteiger partial charge in [-0.15, -0.1) is 0 Å². The van der Waals surface area contributed by atoms with E-state index in [1.807, 2.05) is 0 Å². The molecule has 1 fully saturated rings. The maximum absolute atomic E-state index is 13.4. The third-order valence-corrected chi connectivity index (χ3v) is 5.36. The van der Waals surface area contributed by atoms with Crippen LogP contribution in [-0.4, -0.2) is 16.8 Å². The Balaban J connectivity index is 1.93. The van der Waals surface area contributed by atoms with Gasteiger partial charge >= 0.3 is 0 Å². The average molecular weight is 442 g/mol. The van der Waals surface area contributed by atoms with Crippen molar-refractivity contribution in [2.45, 2.75) is 6.04 Å². The van der Waals surface area contributed by atoms with Gasteiger partial charge in [0.05, 0.1) is 11.6 Å². The van der Waals surface area contributed by atoms with Crippen molar-refractivity contribution in [1.82, 2.24) is 0 Å². The van der Waals surface area contributed by atoms with E-state index in [1.54, 1.807) is 48.5 Å². The van der Waals surface area contributed by atoms with Crippen molar-refractivity contribution in [1.29, 1.82) is 0 Å². The summed E-state index contributed by atoms with van der Waals surface area (Å²) in [7, 11) is 0. The van der Waals surface area contributed by atoms with Crippen LogP contribution < -0.4 is 4.90 Å². The Labute approximate surface area is 181 Å². The average Bonchev–Trinajstić information content (AvgIpc) is 3.00. The molecule has 1 atom stereocenters. The predicted octanol–water partition coefficient (Wildman–Crippen LogP) is 5.76. The maximum Gasteiger partial charge on any atom is 0.300 e. The number of Topliss-reactive ketones (excluding diaryl/α,β-unsaturated/α-hetero) is 1. The van der Waals surface area contributed by atoms with E-state index >= 15 is 0 Å². The van der Waals surface area contributed by atoms with Gasteiger partial charge in [-0.3, -0.25) is 14.5 Å². The summed E-state index contributed by atoms with van der Waals surface area (Å²) in [5.74, 6) is -2.46. The van der Waals surface area contributed by atoms with Crippen LogP contribution in [0.2, 0.25) is 10.0 Å². The van der Waals surface area contributed by atoms with Gasteiger partial charge in [-0.25, -0.2) is 4.39 Å². The second-order valence-corrected chi connectivity index (χ2v) is 7.58. The summed E-state index contributed by atoms with van der Waals surface area (Å²) in [4.78, 5) is 27.1. The Morgan fingerprint density at radius 3 is 1.93 bits per heavy atom. The first-order chi connectivity index (χ1) is 14.4. The number of amides is 1.